The lowest BCUT2D eigenvalue weighted by atomic mass is 10.1. The summed E-state index contributed by atoms with van der Waals surface area (Å²) in [6, 6.07) is 3.88. The second kappa shape index (κ2) is 2.24. The maximum atomic E-state index is 11.2. The van der Waals surface area contributed by atoms with Crippen molar-refractivity contribution in [2.75, 3.05) is 0 Å². The number of aryl methyl sites for hydroxylation is 2. The Hall–Kier alpha value is -1.51. The minimum Gasteiger partial charge on any atom is -0.298 e. The summed E-state index contributed by atoms with van der Waals surface area (Å²) in [7, 11) is 0. The Morgan fingerprint density at radius 3 is 2.50 bits per heavy atom. The monoisotopic (exact) mass is 162 g/mol. The van der Waals surface area contributed by atoms with Crippen LogP contribution in [0.3, 0.4) is 0 Å². The van der Waals surface area contributed by atoms with Gasteiger partial charge in [0.15, 0.2) is 0 Å². The first-order chi connectivity index (χ1) is 5.68. The van der Waals surface area contributed by atoms with Gasteiger partial charge in [-0.3, -0.25) is 15.0 Å². The molecule has 2 N–H and O–H groups in total. The van der Waals surface area contributed by atoms with Crippen molar-refractivity contribution in [1.29, 1.82) is 0 Å². The van der Waals surface area contributed by atoms with E-state index in [0.717, 1.165) is 16.5 Å². The predicted octanol–water partition coefficient (Wildman–Crippen LogP) is 1.47. The van der Waals surface area contributed by atoms with Crippen LogP contribution in [0.4, 0.5) is 0 Å². The number of hydrogen-bond acceptors (Lipinski definition) is 1. The molecule has 2 rings (SSSR count). The standard InChI is InChI=1S/C9H10N2O/c1-5-3-7-8(4-6(5)2)10-11-9(7)12/h3-4H,1-2H3,(H2,10,11,12). The molecule has 0 aliphatic carbocycles. The zero-order valence-corrected chi connectivity index (χ0v) is 7.06. The van der Waals surface area contributed by atoms with Gasteiger partial charge in [-0.05, 0) is 37.1 Å². The van der Waals surface area contributed by atoms with E-state index in [4.69, 9.17) is 0 Å². The summed E-state index contributed by atoms with van der Waals surface area (Å²) in [6.45, 7) is 4.03. The van der Waals surface area contributed by atoms with Gasteiger partial charge in [-0.25, -0.2) is 0 Å². The molecule has 1 aromatic carbocycles. The van der Waals surface area contributed by atoms with E-state index in [1.807, 2.05) is 26.0 Å². The van der Waals surface area contributed by atoms with Crippen molar-refractivity contribution < 1.29 is 0 Å². The van der Waals surface area contributed by atoms with Gasteiger partial charge in [0.05, 0.1) is 10.9 Å². The molecule has 0 radical (unpaired) electrons. The fourth-order valence-corrected chi connectivity index (χ4v) is 1.30. The lowest BCUT2D eigenvalue weighted by molar-refractivity contribution is 1.08. The first kappa shape index (κ1) is 7.16. The molecule has 0 saturated carbocycles. The Morgan fingerprint density at radius 2 is 1.75 bits per heavy atom. The highest BCUT2D eigenvalue weighted by molar-refractivity contribution is 5.79. The predicted molar refractivity (Wildman–Crippen MR) is 48.4 cm³/mol. The number of nitrogens with one attached hydrogen (secondary N) is 2. The number of benzene rings is 1. The first-order valence-electron chi connectivity index (χ1n) is 3.86. The number of aromatic amines is 2. The molecular weight excluding hydrogens is 152 g/mol. The summed E-state index contributed by atoms with van der Waals surface area (Å²) in [5.74, 6) is 0. The normalized spacial score (nSPS) is 10.8. The van der Waals surface area contributed by atoms with E-state index in [1.165, 1.54) is 5.56 Å². The molecule has 0 aliphatic rings. The van der Waals surface area contributed by atoms with Crippen LogP contribution in [-0.2, 0) is 0 Å². The Kier molecular flexibility index (Phi) is 1.33. The third kappa shape index (κ3) is 0.863. The number of aromatic nitrogens is 2. The number of H-pyrrole nitrogens is 2. The van der Waals surface area contributed by atoms with Gasteiger partial charge in [0.1, 0.15) is 0 Å². The molecule has 3 heteroatoms. The van der Waals surface area contributed by atoms with E-state index in [2.05, 4.69) is 10.2 Å². The van der Waals surface area contributed by atoms with E-state index in [-0.39, 0.29) is 5.56 Å². The zero-order valence-electron chi connectivity index (χ0n) is 7.06. The summed E-state index contributed by atoms with van der Waals surface area (Å²) < 4.78 is 0. The van der Waals surface area contributed by atoms with Crippen LogP contribution >= 0.6 is 0 Å². The fourth-order valence-electron chi connectivity index (χ4n) is 1.30. The topological polar surface area (TPSA) is 48.6 Å². The molecule has 0 amide bonds. The third-order valence-corrected chi connectivity index (χ3v) is 2.19. The molecule has 0 unspecified atom stereocenters. The molecular formula is C9H10N2O. The van der Waals surface area contributed by atoms with E-state index in [1.54, 1.807) is 0 Å². The Balaban J connectivity index is 2.97. The van der Waals surface area contributed by atoms with Gasteiger partial charge >= 0.3 is 0 Å². The molecule has 1 heterocycles. The average molecular weight is 162 g/mol. The lowest BCUT2D eigenvalue weighted by Crippen LogP contribution is -1.97. The van der Waals surface area contributed by atoms with Crippen molar-refractivity contribution in [2.45, 2.75) is 13.8 Å². The summed E-state index contributed by atoms with van der Waals surface area (Å²) in [5, 5.41) is 6.10. The largest absolute Gasteiger partial charge is 0.298 e. The van der Waals surface area contributed by atoms with Gasteiger partial charge < -0.3 is 0 Å². The summed E-state index contributed by atoms with van der Waals surface area (Å²) in [5.41, 5.74) is 3.17. The Morgan fingerprint density at radius 1 is 1.08 bits per heavy atom. The molecule has 1 aromatic heterocycles. The average Bonchev–Trinajstić information content (AvgIpc) is 2.35. The minimum atomic E-state index is -0.0481. The van der Waals surface area contributed by atoms with Crippen LogP contribution in [0.15, 0.2) is 16.9 Å². The van der Waals surface area contributed by atoms with Crippen molar-refractivity contribution in [2.24, 2.45) is 0 Å². The Labute approximate surface area is 69.4 Å². The second-order valence-electron chi connectivity index (χ2n) is 3.06. The number of rotatable bonds is 0. The van der Waals surface area contributed by atoms with Crippen molar-refractivity contribution in [3.63, 3.8) is 0 Å². The van der Waals surface area contributed by atoms with Gasteiger partial charge in [0.2, 0.25) is 0 Å². The Bertz CT molecular complexity index is 479. The molecule has 0 bridgehead atoms. The smallest absolute Gasteiger partial charge is 0.271 e. The molecule has 3 nitrogen and oxygen atoms in total. The van der Waals surface area contributed by atoms with Gasteiger partial charge in [0, 0.05) is 0 Å². The van der Waals surface area contributed by atoms with Gasteiger partial charge in [-0.1, -0.05) is 0 Å². The van der Waals surface area contributed by atoms with Crippen LogP contribution in [0.25, 0.3) is 10.9 Å². The van der Waals surface area contributed by atoms with E-state index in [0.29, 0.717) is 0 Å². The van der Waals surface area contributed by atoms with E-state index >= 15 is 0 Å². The van der Waals surface area contributed by atoms with Crippen molar-refractivity contribution in [1.82, 2.24) is 10.2 Å². The van der Waals surface area contributed by atoms with Crippen LogP contribution in [0.1, 0.15) is 11.1 Å². The summed E-state index contributed by atoms with van der Waals surface area (Å²) in [4.78, 5) is 11.2. The van der Waals surface area contributed by atoms with Crippen LogP contribution in [0, 0.1) is 13.8 Å². The molecule has 12 heavy (non-hydrogen) atoms. The maximum Gasteiger partial charge on any atom is 0.271 e. The second-order valence-corrected chi connectivity index (χ2v) is 3.06. The molecule has 0 atom stereocenters. The lowest BCUT2D eigenvalue weighted by Gasteiger charge is -1.97. The number of hydrogen-bond donors (Lipinski definition) is 2. The minimum absolute atomic E-state index is 0.0481. The van der Waals surface area contributed by atoms with Crippen LogP contribution in [0.5, 0.6) is 0 Å². The van der Waals surface area contributed by atoms with Crippen molar-refractivity contribution in [3.05, 3.63) is 33.6 Å². The van der Waals surface area contributed by atoms with Gasteiger partial charge in [-0.15, -0.1) is 0 Å². The fraction of sp³-hybridized carbons (Fsp3) is 0.222. The highest BCUT2D eigenvalue weighted by Gasteiger charge is 2.01. The van der Waals surface area contributed by atoms with Crippen molar-refractivity contribution >= 4 is 10.9 Å². The van der Waals surface area contributed by atoms with Crippen LogP contribution in [-0.4, -0.2) is 10.2 Å². The number of fused-ring (bicyclic) bond motifs is 1. The molecule has 0 aliphatic heterocycles. The summed E-state index contributed by atoms with van der Waals surface area (Å²) in [6.07, 6.45) is 0. The van der Waals surface area contributed by atoms with E-state index in [9.17, 15) is 4.79 Å². The molecule has 2 aromatic rings. The molecule has 62 valence electrons. The van der Waals surface area contributed by atoms with Crippen LogP contribution < -0.4 is 5.56 Å². The maximum absolute atomic E-state index is 11.2. The van der Waals surface area contributed by atoms with Crippen molar-refractivity contribution in [3.8, 4) is 0 Å². The summed E-state index contributed by atoms with van der Waals surface area (Å²) >= 11 is 0. The van der Waals surface area contributed by atoms with E-state index < -0.39 is 0 Å². The molecule has 0 saturated heterocycles. The first-order valence-corrected chi connectivity index (χ1v) is 3.86. The van der Waals surface area contributed by atoms with Crippen LogP contribution in [0.2, 0.25) is 0 Å². The molecule has 0 fully saturated rings. The highest BCUT2D eigenvalue weighted by Crippen LogP contribution is 2.13. The third-order valence-electron chi connectivity index (χ3n) is 2.19. The SMILES string of the molecule is Cc1cc2[nH][nH]c(=O)c2cc1C. The quantitative estimate of drug-likeness (QED) is 0.605. The zero-order chi connectivity index (χ0) is 8.72. The van der Waals surface area contributed by atoms with Gasteiger partial charge in [0.25, 0.3) is 5.56 Å². The van der Waals surface area contributed by atoms with Gasteiger partial charge in [-0.2, -0.15) is 0 Å². The highest BCUT2D eigenvalue weighted by atomic mass is 16.1. The molecule has 0 spiro atoms.